The Morgan fingerprint density at radius 1 is 1.13 bits per heavy atom. The van der Waals surface area contributed by atoms with Crippen LogP contribution in [-0.2, 0) is 16.1 Å². The van der Waals surface area contributed by atoms with Crippen LogP contribution >= 0.6 is 11.6 Å². The molecule has 3 aromatic carbocycles. The third-order valence-electron chi connectivity index (χ3n) is 4.96. The van der Waals surface area contributed by atoms with Crippen LogP contribution in [0.3, 0.4) is 0 Å². The lowest BCUT2D eigenvalue weighted by atomic mass is 10.1. The Kier molecular flexibility index (Phi) is 6.05. The molecule has 0 saturated heterocycles. The molecule has 4 rings (SSSR count). The lowest BCUT2D eigenvalue weighted by Gasteiger charge is -2.30. The molecule has 3 aromatic rings. The summed E-state index contributed by atoms with van der Waals surface area (Å²) in [6, 6.07) is 20.5. The van der Waals surface area contributed by atoms with E-state index >= 15 is 0 Å². The molecule has 156 valence electrons. The Labute approximate surface area is 185 Å². The van der Waals surface area contributed by atoms with Crippen LogP contribution in [0.1, 0.15) is 16.7 Å². The number of carbonyl (C=O) groups is 2. The number of carbonyl (C=O) groups excluding carboxylic acids is 2. The second-order valence-corrected chi connectivity index (χ2v) is 7.68. The predicted molar refractivity (Wildman–Crippen MR) is 123 cm³/mol. The Balaban J connectivity index is 1.53. The normalized spacial score (nSPS) is 13.1. The predicted octanol–water partition coefficient (Wildman–Crippen LogP) is 5.23. The second-order valence-electron chi connectivity index (χ2n) is 7.28. The zero-order valence-electron chi connectivity index (χ0n) is 17.0. The highest BCUT2D eigenvalue weighted by molar-refractivity contribution is 6.31. The minimum Gasteiger partial charge on any atom is -0.482 e. The van der Waals surface area contributed by atoms with Gasteiger partial charge in [0.25, 0.3) is 5.91 Å². The minimum atomic E-state index is -0.263. The smallest absolute Gasteiger partial charge is 0.265 e. The van der Waals surface area contributed by atoms with Crippen LogP contribution in [0.25, 0.3) is 6.08 Å². The zero-order chi connectivity index (χ0) is 21.8. The summed E-state index contributed by atoms with van der Waals surface area (Å²) in [6.45, 7) is 2.29. The monoisotopic (exact) mass is 432 g/mol. The number of nitrogens with zero attached hydrogens (tertiary/aromatic N) is 1. The van der Waals surface area contributed by atoms with Gasteiger partial charge in [-0.3, -0.25) is 9.59 Å². The number of hydrogen-bond acceptors (Lipinski definition) is 3. The number of hydrogen-bond donors (Lipinski definition) is 1. The molecule has 5 nitrogen and oxygen atoms in total. The summed E-state index contributed by atoms with van der Waals surface area (Å²) >= 11 is 6.28. The molecule has 1 aliphatic heterocycles. The highest BCUT2D eigenvalue weighted by Crippen LogP contribution is 2.36. The van der Waals surface area contributed by atoms with E-state index in [1.807, 2.05) is 49.4 Å². The average Bonchev–Trinajstić information content (AvgIpc) is 2.77. The van der Waals surface area contributed by atoms with E-state index in [0.29, 0.717) is 28.7 Å². The number of benzene rings is 3. The maximum atomic E-state index is 12.5. The molecule has 0 unspecified atom stereocenters. The van der Waals surface area contributed by atoms with E-state index in [-0.39, 0.29) is 18.4 Å². The molecular formula is C25H21ClN2O3. The van der Waals surface area contributed by atoms with Gasteiger partial charge in [0.05, 0.1) is 12.2 Å². The molecule has 0 bridgehead atoms. The number of rotatable bonds is 5. The van der Waals surface area contributed by atoms with E-state index in [1.165, 1.54) is 6.08 Å². The van der Waals surface area contributed by atoms with Crippen molar-refractivity contribution in [2.75, 3.05) is 16.8 Å². The molecule has 0 fully saturated rings. The van der Waals surface area contributed by atoms with Crippen molar-refractivity contribution < 1.29 is 14.3 Å². The Morgan fingerprint density at radius 2 is 1.90 bits per heavy atom. The van der Waals surface area contributed by atoms with Crippen molar-refractivity contribution in [3.05, 3.63) is 94.5 Å². The molecule has 0 spiro atoms. The summed E-state index contributed by atoms with van der Waals surface area (Å²) < 4.78 is 5.56. The quantitative estimate of drug-likeness (QED) is 0.562. The summed E-state index contributed by atoms with van der Waals surface area (Å²) in [7, 11) is 0. The molecular weight excluding hydrogens is 412 g/mol. The van der Waals surface area contributed by atoms with Gasteiger partial charge in [0.15, 0.2) is 6.61 Å². The molecule has 1 aliphatic rings. The first-order valence-corrected chi connectivity index (χ1v) is 10.2. The van der Waals surface area contributed by atoms with Crippen LogP contribution in [0.5, 0.6) is 5.75 Å². The number of anilines is 2. The molecule has 1 heterocycles. The van der Waals surface area contributed by atoms with Crippen molar-refractivity contribution in [2.45, 2.75) is 13.5 Å². The molecule has 2 amide bonds. The van der Waals surface area contributed by atoms with Gasteiger partial charge in [0, 0.05) is 16.8 Å². The first kappa shape index (κ1) is 20.7. The van der Waals surface area contributed by atoms with Crippen molar-refractivity contribution in [3.63, 3.8) is 0 Å². The largest absolute Gasteiger partial charge is 0.482 e. The van der Waals surface area contributed by atoms with Gasteiger partial charge >= 0.3 is 0 Å². The summed E-state index contributed by atoms with van der Waals surface area (Å²) in [5.74, 6) is 0.149. The number of amides is 2. The van der Waals surface area contributed by atoms with Crippen LogP contribution in [0.15, 0.2) is 72.8 Å². The van der Waals surface area contributed by atoms with Gasteiger partial charge in [0.2, 0.25) is 5.91 Å². The topological polar surface area (TPSA) is 58.6 Å². The maximum absolute atomic E-state index is 12.5. The van der Waals surface area contributed by atoms with Crippen molar-refractivity contribution >= 4 is 40.9 Å². The number of halogens is 1. The highest BCUT2D eigenvalue weighted by Gasteiger charge is 2.26. The third kappa shape index (κ3) is 4.95. The zero-order valence-corrected chi connectivity index (χ0v) is 17.7. The van der Waals surface area contributed by atoms with Gasteiger partial charge in [-0.25, -0.2) is 0 Å². The fraction of sp³-hybridized carbons (Fsp3) is 0.120. The lowest BCUT2D eigenvalue weighted by molar-refractivity contribution is -0.121. The van der Waals surface area contributed by atoms with Gasteiger partial charge in [-0.15, -0.1) is 0 Å². The lowest BCUT2D eigenvalue weighted by Crippen LogP contribution is -2.38. The SMILES string of the molecule is Cc1ccc(/C=C/C(=O)Nc2ccc3c(c2)N(Cc2ccccc2Cl)C(=O)CO3)cc1. The number of nitrogens with one attached hydrogen (secondary N) is 1. The molecule has 1 N–H and O–H groups in total. The first-order chi connectivity index (χ1) is 15.0. The van der Waals surface area contributed by atoms with Crippen LogP contribution in [0.4, 0.5) is 11.4 Å². The minimum absolute atomic E-state index is 0.0392. The van der Waals surface area contributed by atoms with Crippen LogP contribution in [-0.4, -0.2) is 18.4 Å². The highest BCUT2D eigenvalue weighted by atomic mass is 35.5. The first-order valence-electron chi connectivity index (χ1n) is 9.86. The van der Waals surface area contributed by atoms with Gasteiger partial charge in [-0.05, 0) is 48.4 Å². The van der Waals surface area contributed by atoms with Gasteiger partial charge in [-0.1, -0.05) is 59.6 Å². The van der Waals surface area contributed by atoms with Gasteiger partial charge < -0.3 is 15.0 Å². The van der Waals surface area contributed by atoms with E-state index in [9.17, 15) is 9.59 Å². The van der Waals surface area contributed by atoms with E-state index in [2.05, 4.69) is 5.32 Å². The molecule has 6 heteroatoms. The summed E-state index contributed by atoms with van der Waals surface area (Å²) in [5.41, 5.74) is 4.10. The van der Waals surface area contributed by atoms with Crippen molar-refractivity contribution in [2.24, 2.45) is 0 Å². The van der Waals surface area contributed by atoms with Crippen LogP contribution < -0.4 is 15.0 Å². The van der Waals surface area contributed by atoms with E-state index < -0.39 is 0 Å². The number of fused-ring (bicyclic) bond motifs is 1. The number of ether oxygens (including phenoxy) is 1. The average molecular weight is 433 g/mol. The summed E-state index contributed by atoms with van der Waals surface area (Å²) in [4.78, 5) is 26.5. The Hall–Kier alpha value is -3.57. The van der Waals surface area contributed by atoms with E-state index in [1.54, 1.807) is 35.2 Å². The molecule has 0 radical (unpaired) electrons. The second kappa shape index (κ2) is 9.06. The fourth-order valence-corrected chi connectivity index (χ4v) is 3.48. The Bertz CT molecular complexity index is 1160. The van der Waals surface area contributed by atoms with Crippen molar-refractivity contribution in [1.82, 2.24) is 0 Å². The molecule has 0 atom stereocenters. The standard InChI is InChI=1S/C25H21ClN2O3/c1-17-6-8-18(9-7-17)10-13-24(29)27-20-11-12-23-22(14-20)28(25(30)16-31-23)15-19-4-2-3-5-21(19)26/h2-14H,15-16H2,1H3,(H,27,29)/b13-10+. The molecule has 0 aliphatic carbocycles. The van der Waals surface area contributed by atoms with Gasteiger partial charge in [-0.2, -0.15) is 0 Å². The molecule has 31 heavy (non-hydrogen) atoms. The van der Waals surface area contributed by atoms with Crippen molar-refractivity contribution in [3.8, 4) is 5.75 Å². The van der Waals surface area contributed by atoms with E-state index in [4.69, 9.17) is 16.3 Å². The van der Waals surface area contributed by atoms with Crippen LogP contribution in [0.2, 0.25) is 5.02 Å². The molecule has 0 saturated carbocycles. The number of aryl methyl sites for hydroxylation is 1. The maximum Gasteiger partial charge on any atom is 0.265 e. The summed E-state index contributed by atoms with van der Waals surface area (Å²) in [5, 5.41) is 3.43. The molecule has 0 aromatic heterocycles. The Morgan fingerprint density at radius 3 is 2.68 bits per heavy atom. The van der Waals surface area contributed by atoms with Crippen LogP contribution in [0, 0.1) is 6.92 Å². The van der Waals surface area contributed by atoms with Crippen molar-refractivity contribution in [1.29, 1.82) is 0 Å². The van der Waals surface area contributed by atoms with Gasteiger partial charge in [0.1, 0.15) is 5.75 Å². The fourth-order valence-electron chi connectivity index (χ4n) is 3.28. The third-order valence-corrected chi connectivity index (χ3v) is 5.33. The van der Waals surface area contributed by atoms with E-state index in [0.717, 1.165) is 16.7 Å². The summed E-state index contributed by atoms with van der Waals surface area (Å²) in [6.07, 6.45) is 3.23.